The smallest absolute Gasteiger partial charge is 0.322 e. The van der Waals surface area contributed by atoms with Gasteiger partial charge in [-0.15, -0.1) is 0 Å². The van der Waals surface area contributed by atoms with Crippen LogP contribution in [0, 0.1) is 0 Å². The molecule has 0 aliphatic rings. The third kappa shape index (κ3) is 5.63. The third-order valence-corrected chi connectivity index (χ3v) is 3.37. The number of benzene rings is 1. The van der Waals surface area contributed by atoms with Crippen LogP contribution in [0.25, 0.3) is 0 Å². The zero-order valence-electron chi connectivity index (χ0n) is 13.4. The lowest BCUT2D eigenvalue weighted by molar-refractivity contribution is -0.143. The van der Waals surface area contributed by atoms with E-state index in [0.29, 0.717) is 6.42 Å². The molecule has 1 atom stereocenters. The van der Waals surface area contributed by atoms with Gasteiger partial charge >= 0.3 is 5.97 Å². The molecule has 0 saturated carbocycles. The lowest BCUT2D eigenvalue weighted by Crippen LogP contribution is -2.40. The number of nitrogens with one attached hydrogen (secondary N) is 1. The monoisotopic (exact) mass is 294 g/mol. The van der Waals surface area contributed by atoms with Crippen molar-refractivity contribution >= 4 is 11.7 Å². The van der Waals surface area contributed by atoms with Crippen molar-refractivity contribution in [3.05, 3.63) is 24.3 Å². The number of methoxy groups -OCH3 is 2. The van der Waals surface area contributed by atoms with Gasteiger partial charge in [0.1, 0.15) is 11.8 Å². The van der Waals surface area contributed by atoms with Crippen molar-refractivity contribution in [3.8, 4) is 5.75 Å². The number of esters is 1. The first-order valence-corrected chi connectivity index (χ1v) is 7.28. The first-order chi connectivity index (χ1) is 10.1. The molecule has 21 heavy (non-hydrogen) atoms. The maximum absolute atomic E-state index is 11.7. The van der Waals surface area contributed by atoms with E-state index in [1.807, 2.05) is 31.3 Å². The maximum Gasteiger partial charge on any atom is 0.322 e. The quantitative estimate of drug-likeness (QED) is 0.707. The number of hydrogen-bond acceptors (Lipinski definition) is 5. The highest BCUT2D eigenvalue weighted by molar-refractivity contribution is 5.75. The summed E-state index contributed by atoms with van der Waals surface area (Å²) in [6.45, 7) is 3.63. The van der Waals surface area contributed by atoms with E-state index >= 15 is 0 Å². The van der Waals surface area contributed by atoms with E-state index in [4.69, 9.17) is 9.47 Å². The zero-order chi connectivity index (χ0) is 15.7. The van der Waals surface area contributed by atoms with Crippen LogP contribution in [0.3, 0.4) is 0 Å². The largest absolute Gasteiger partial charge is 0.497 e. The van der Waals surface area contributed by atoms with Gasteiger partial charge in [0.2, 0.25) is 0 Å². The lowest BCUT2D eigenvalue weighted by atomic mass is 10.2. The maximum atomic E-state index is 11.7. The lowest BCUT2D eigenvalue weighted by Gasteiger charge is -2.23. The second-order valence-corrected chi connectivity index (χ2v) is 4.94. The molecule has 5 nitrogen and oxygen atoms in total. The standard InChI is InChI=1S/C16H26N2O3/c1-5-10-17-15(16(19)21-4)9-11-18(2)13-7-6-8-14(12-13)20-3/h6-8,12,15,17H,5,9-11H2,1-4H3. The number of carbonyl (C=O) groups is 1. The number of carbonyl (C=O) groups excluding carboxylic acids is 1. The highest BCUT2D eigenvalue weighted by Gasteiger charge is 2.18. The molecule has 0 fully saturated rings. The Morgan fingerprint density at radius 1 is 1.38 bits per heavy atom. The Hall–Kier alpha value is -1.75. The predicted molar refractivity (Wildman–Crippen MR) is 85.0 cm³/mol. The molecular weight excluding hydrogens is 268 g/mol. The molecular formula is C16H26N2O3. The molecule has 1 rings (SSSR count). The molecule has 118 valence electrons. The molecule has 1 aromatic rings. The van der Waals surface area contributed by atoms with Crippen LogP contribution in [0.4, 0.5) is 5.69 Å². The minimum absolute atomic E-state index is 0.206. The van der Waals surface area contributed by atoms with Crippen LogP contribution < -0.4 is 15.0 Å². The molecule has 1 unspecified atom stereocenters. The topological polar surface area (TPSA) is 50.8 Å². The van der Waals surface area contributed by atoms with Crippen LogP contribution in [0.1, 0.15) is 19.8 Å². The fourth-order valence-corrected chi connectivity index (χ4v) is 2.06. The van der Waals surface area contributed by atoms with E-state index in [-0.39, 0.29) is 12.0 Å². The van der Waals surface area contributed by atoms with Crippen LogP contribution in [-0.4, -0.2) is 46.4 Å². The van der Waals surface area contributed by atoms with E-state index in [0.717, 1.165) is 30.9 Å². The number of nitrogens with zero attached hydrogens (tertiary/aromatic N) is 1. The molecule has 0 heterocycles. The number of rotatable bonds is 9. The molecule has 5 heteroatoms. The Kier molecular flexibility index (Phi) is 7.61. The Labute approximate surface area is 127 Å². The van der Waals surface area contributed by atoms with Crippen LogP contribution in [0.5, 0.6) is 5.75 Å². The molecule has 0 aliphatic carbocycles. The molecule has 0 amide bonds. The van der Waals surface area contributed by atoms with Crippen molar-refractivity contribution in [3.63, 3.8) is 0 Å². The van der Waals surface area contributed by atoms with Crippen molar-refractivity contribution < 1.29 is 14.3 Å². The summed E-state index contributed by atoms with van der Waals surface area (Å²) in [6, 6.07) is 7.61. The number of ether oxygens (including phenoxy) is 2. The Bertz CT molecular complexity index is 437. The molecule has 0 spiro atoms. The Morgan fingerprint density at radius 3 is 2.76 bits per heavy atom. The summed E-state index contributed by atoms with van der Waals surface area (Å²) in [6.07, 6.45) is 1.68. The van der Waals surface area contributed by atoms with E-state index < -0.39 is 0 Å². The van der Waals surface area contributed by atoms with E-state index in [1.165, 1.54) is 7.11 Å². The summed E-state index contributed by atoms with van der Waals surface area (Å²) in [4.78, 5) is 13.8. The fourth-order valence-electron chi connectivity index (χ4n) is 2.06. The molecule has 0 aliphatic heterocycles. The van der Waals surface area contributed by atoms with Gasteiger partial charge in [-0.05, 0) is 31.5 Å². The van der Waals surface area contributed by atoms with Crippen molar-refractivity contribution in [2.24, 2.45) is 0 Å². The van der Waals surface area contributed by atoms with Gasteiger partial charge in [-0.25, -0.2) is 0 Å². The SMILES string of the molecule is CCCNC(CCN(C)c1cccc(OC)c1)C(=O)OC. The van der Waals surface area contributed by atoms with Crippen LogP contribution >= 0.6 is 0 Å². The normalized spacial score (nSPS) is 11.8. The molecule has 1 N–H and O–H groups in total. The van der Waals surface area contributed by atoms with Crippen LogP contribution in [0.2, 0.25) is 0 Å². The molecule has 1 aromatic carbocycles. The van der Waals surface area contributed by atoms with Gasteiger partial charge in [0.05, 0.1) is 14.2 Å². The second-order valence-electron chi connectivity index (χ2n) is 4.94. The van der Waals surface area contributed by atoms with Gasteiger partial charge in [0.25, 0.3) is 0 Å². The summed E-state index contributed by atoms with van der Waals surface area (Å²) in [5, 5.41) is 3.22. The average molecular weight is 294 g/mol. The van der Waals surface area contributed by atoms with Gasteiger partial charge < -0.3 is 19.7 Å². The second kappa shape index (κ2) is 9.23. The number of hydrogen-bond donors (Lipinski definition) is 1. The zero-order valence-corrected chi connectivity index (χ0v) is 13.4. The van der Waals surface area contributed by atoms with Crippen molar-refractivity contribution in [2.75, 3.05) is 39.3 Å². The van der Waals surface area contributed by atoms with Crippen LogP contribution in [0.15, 0.2) is 24.3 Å². The summed E-state index contributed by atoms with van der Waals surface area (Å²) in [7, 11) is 5.08. The third-order valence-electron chi connectivity index (χ3n) is 3.37. The molecule has 0 bridgehead atoms. The van der Waals surface area contributed by atoms with Gasteiger partial charge in [0.15, 0.2) is 0 Å². The van der Waals surface area contributed by atoms with Gasteiger partial charge in [-0.3, -0.25) is 4.79 Å². The molecule has 0 aromatic heterocycles. The highest BCUT2D eigenvalue weighted by atomic mass is 16.5. The summed E-state index contributed by atoms with van der Waals surface area (Å²) in [5.74, 6) is 0.621. The molecule has 0 saturated heterocycles. The minimum atomic E-state index is -0.261. The van der Waals surface area contributed by atoms with E-state index in [1.54, 1.807) is 7.11 Å². The van der Waals surface area contributed by atoms with E-state index in [9.17, 15) is 4.79 Å². The number of anilines is 1. The molecule has 0 radical (unpaired) electrons. The first-order valence-electron chi connectivity index (χ1n) is 7.28. The summed E-state index contributed by atoms with van der Waals surface area (Å²) in [5.41, 5.74) is 1.06. The first kappa shape index (κ1) is 17.3. The fraction of sp³-hybridized carbons (Fsp3) is 0.562. The van der Waals surface area contributed by atoms with Crippen molar-refractivity contribution in [2.45, 2.75) is 25.8 Å². The Balaban J connectivity index is 2.58. The van der Waals surface area contributed by atoms with Gasteiger partial charge in [-0.2, -0.15) is 0 Å². The van der Waals surface area contributed by atoms with Crippen LogP contribution in [-0.2, 0) is 9.53 Å². The Morgan fingerprint density at radius 2 is 2.14 bits per heavy atom. The minimum Gasteiger partial charge on any atom is -0.497 e. The highest BCUT2D eigenvalue weighted by Crippen LogP contribution is 2.20. The van der Waals surface area contributed by atoms with Crippen molar-refractivity contribution in [1.29, 1.82) is 0 Å². The summed E-state index contributed by atoms with van der Waals surface area (Å²) < 4.78 is 10.1. The predicted octanol–water partition coefficient (Wildman–Crippen LogP) is 2.06. The van der Waals surface area contributed by atoms with E-state index in [2.05, 4.69) is 17.1 Å². The van der Waals surface area contributed by atoms with Crippen molar-refractivity contribution in [1.82, 2.24) is 5.32 Å². The average Bonchev–Trinajstić information content (AvgIpc) is 2.54. The van der Waals surface area contributed by atoms with Gasteiger partial charge in [-0.1, -0.05) is 13.0 Å². The van der Waals surface area contributed by atoms with Gasteiger partial charge in [0, 0.05) is 25.3 Å². The summed E-state index contributed by atoms with van der Waals surface area (Å²) >= 11 is 0.